The molecule has 0 bridgehead atoms. The number of aromatic nitrogens is 2. The van der Waals surface area contributed by atoms with Crippen LogP contribution in [-0.4, -0.2) is 69.8 Å². The van der Waals surface area contributed by atoms with Crippen LogP contribution >= 0.6 is 0 Å². The van der Waals surface area contributed by atoms with E-state index in [4.69, 9.17) is 19.9 Å². The fourth-order valence-electron chi connectivity index (χ4n) is 7.94. The Hall–Kier alpha value is -4.26. The van der Waals surface area contributed by atoms with Crippen molar-refractivity contribution in [1.29, 1.82) is 0 Å². The van der Waals surface area contributed by atoms with Gasteiger partial charge in [0.1, 0.15) is 47.4 Å². The van der Waals surface area contributed by atoms with E-state index < -0.39 is 41.7 Å². The van der Waals surface area contributed by atoms with Gasteiger partial charge in [-0.15, -0.1) is 0 Å². The lowest BCUT2D eigenvalue weighted by atomic mass is 9.64. The van der Waals surface area contributed by atoms with Crippen LogP contribution in [0.25, 0.3) is 0 Å². The van der Waals surface area contributed by atoms with E-state index in [0.29, 0.717) is 23.0 Å². The van der Waals surface area contributed by atoms with E-state index in [1.54, 1.807) is 31.5 Å². The topological polar surface area (TPSA) is 157 Å². The number of ether oxygens (including phenoxy) is 3. The molecule has 6 N–H and O–H groups in total. The van der Waals surface area contributed by atoms with Crippen molar-refractivity contribution >= 4 is 12.2 Å². The summed E-state index contributed by atoms with van der Waals surface area (Å²) >= 11 is 0. The van der Waals surface area contributed by atoms with Crippen molar-refractivity contribution in [2.75, 3.05) is 19.5 Å². The lowest BCUT2D eigenvalue weighted by Gasteiger charge is -2.42. The molecule has 1 aliphatic carbocycles. The van der Waals surface area contributed by atoms with E-state index in [1.807, 2.05) is 78.9 Å². The van der Waals surface area contributed by atoms with Crippen LogP contribution in [0.15, 0.2) is 90.2 Å². The van der Waals surface area contributed by atoms with Crippen LogP contribution in [-0.2, 0) is 15.8 Å². The second kappa shape index (κ2) is 13.0. The van der Waals surface area contributed by atoms with Crippen LogP contribution in [0.2, 0.25) is 0 Å². The highest BCUT2D eigenvalue weighted by atomic mass is 16.6. The van der Waals surface area contributed by atoms with E-state index in [-0.39, 0.29) is 5.92 Å². The van der Waals surface area contributed by atoms with Crippen LogP contribution in [0.1, 0.15) is 60.7 Å². The van der Waals surface area contributed by atoms with Crippen molar-refractivity contribution in [3.8, 4) is 11.5 Å². The number of rotatable bonds is 9. The Morgan fingerprint density at radius 3 is 2.04 bits per heavy atom. The normalized spacial score (nSPS) is 26.5. The second-order valence-corrected chi connectivity index (χ2v) is 13.0. The third-order valence-corrected chi connectivity index (χ3v) is 10.5. The Morgan fingerprint density at radius 1 is 0.875 bits per heavy atom. The highest BCUT2D eigenvalue weighted by Gasteiger charge is 2.56. The number of anilines is 1. The molecule has 3 aliphatic rings. The second-order valence-electron chi connectivity index (χ2n) is 13.0. The average molecular weight is 654 g/mol. The maximum atomic E-state index is 12.7. The van der Waals surface area contributed by atoms with Gasteiger partial charge < -0.3 is 40.6 Å². The van der Waals surface area contributed by atoms with Crippen LogP contribution < -0.4 is 20.5 Å². The monoisotopic (exact) mass is 653 g/mol. The summed E-state index contributed by atoms with van der Waals surface area (Å²) in [7, 11) is 3.20. The van der Waals surface area contributed by atoms with E-state index in [0.717, 1.165) is 42.4 Å². The fraction of sp³-hybridized carbons (Fsp3) is 0.405. The van der Waals surface area contributed by atoms with E-state index in [1.165, 1.54) is 6.42 Å². The average Bonchev–Trinajstić information content (AvgIpc) is 3.70. The molecule has 0 spiro atoms. The minimum absolute atomic E-state index is 0.127. The molecule has 2 fully saturated rings. The number of nitrogens with one attached hydrogen (secondary N) is 1. The molecule has 11 heteroatoms. The van der Waals surface area contributed by atoms with E-state index in [9.17, 15) is 15.3 Å². The number of nitrogens with zero attached hydrogens (tertiary/aromatic N) is 3. The standard InChI is InChI=1S/C37H43N5O6/c1-46-27-17-13-24(14-18-27)36(23-9-5-3-6-10-23,25-15-19-28(47-2)20-16-25)33(45)31-29(43)30(44)35(48-31)42-22-40-32-34(42)39-21-41-37(32,38)26-11-7-4-8-12-26/h3,5-6,9-10,13-22,26,29-31,33,35,43-45H,4,7-8,11-12,38H2,1-2H3,(H,39,41)/t29-,30+,31-,33?,35+,37?/m0/s1. The quantitative estimate of drug-likeness (QED) is 0.168. The van der Waals surface area contributed by atoms with Crippen LogP contribution in [0.3, 0.4) is 0 Å². The van der Waals surface area contributed by atoms with Crippen molar-refractivity contribution < 1.29 is 29.5 Å². The summed E-state index contributed by atoms with van der Waals surface area (Å²) in [5.74, 6) is 1.98. The van der Waals surface area contributed by atoms with Crippen molar-refractivity contribution in [2.45, 2.75) is 73.8 Å². The van der Waals surface area contributed by atoms with Gasteiger partial charge in [-0.05, 0) is 53.8 Å². The maximum Gasteiger partial charge on any atom is 0.165 e. The van der Waals surface area contributed by atoms with Crippen molar-refractivity contribution in [1.82, 2.24) is 9.55 Å². The van der Waals surface area contributed by atoms with Crippen molar-refractivity contribution in [2.24, 2.45) is 16.6 Å². The number of nitrogens with two attached hydrogens (primary N) is 1. The Bertz CT molecular complexity index is 1680. The first-order valence-electron chi connectivity index (χ1n) is 16.5. The van der Waals surface area contributed by atoms with Gasteiger partial charge in [0.25, 0.3) is 0 Å². The van der Waals surface area contributed by atoms with Crippen molar-refractivity contribution in [3.05, 3.63) is 108 Å². The van der Waals surface area contributed by atoms with Gasteiger partial charge in [-0.2, -0.15) is 0 Å². The lowest BCUT2D eigenvalue weighted by molar-refractivity contribution is -0.0976. The Morgan fingerprint density at radius 2 is 1.46 bits per heavy atom. The molecule has 2 unspecified atom stereocenters. The molecule has 1 aromatic heterocycles. The molecular weight excluding hydrogens is 610 g/mol. The van der Waals surface area contributed by atoms with Gasteiger partial charge in [-0.1, -0.05) is 73.9 Å². The zero-order valence-corrected chi connectivity index (χ0v) is 27.1. The number of imidazole rings is 1. The van der Waals surface area contributed by atoms with Gasteiger partial charge in [0, 0.05) is 5.92 Å². The van der Waals surface area contributed by atoms with Gasteiger partial charge in [0.15, 0.2) is 11.9 Å². The van der Waals surface area contributed by atoms with E-state index in [2.05, 4.69) is 15.3 Å². The maximum absolute atomic E-state index is 12.7. The first-order chi connectivity index (χ1) is 23.3. The SMILES string of the molecule is COc1ccc(C(c2ccccc2)(c2ccc(OC)cc2)C(O)[C@H]2O[C@@H](n3cnc4c3NC=NC4(N)C3CCCCC3)[C@H](O)[C@@H]2O)cc1. The van der Waals surface area contributed by atoms with Gasteiger partial charge in [0.05, 0.1) is 32.3 Å². The molecule has 2 aliphatic heterocycles. The number of methoxy groups -OCH3 is 2. The molecule has 7 rings (SSSR count). The largest absolute Gasteiger partial charge is 0.497 e. The molecule has 48 heavy (non-hydrogen) atoms. The van der Waals surface area contributed by atoms with Crippen molar-refractivity contribution in [3.63, 3.8) is 0 Å². The van der Waals surface area contributed by atoms with Gasteiger partial charge in [-0.25, -0.2) is 9.98 Å². The molecular formula is C37H43N5O6. The minimum atomic E-state index is -1.46. The van der Waals surface area contributed by atoms with Gasteiger partial charge in [0.2, 0.25) is 0 Å². The number of aliphatic hydroxyl groups excluding tert-OH is 3. The Kier molecular flexibility index (Phi) is 8.73. The number of aliphatic imine (C=N–C) groups is 1. The first kappa shape index (κ1) is 32.3. The highest BCUT2D eigenvalue weighted by Crippen LogP contribution is 2.49. The molecule has 0 radical (unpaired) electrons. The van der Waals surface area contributed by atoms with Crippen LogP contribution in [0.5, 0.6) is 11.5 Å². The zero-order valence-electron chi connectivity index (χ0n) is 27.1. The predicted molar refractivity (Wildman–Crippen MR) is 181 cm³/mol. The summed E-state index contributed by atoms with van der Waals surface area (Å²) in [6, 6.07) is 24.5. The minimum Gasteiger partial charge on any atom is -0.497 e. The summed E-state index contributed by atoms with van der Waals surface area (Å²) in [6.07, 6.45) is 1.84. The molecule has 1 saturated heterocycles. The summed E-state index contributed by atoms with van der Waals surface area (Å²) in [6.45, 7) is 0. The zero-order chi connectivity index (χ0) is 33.5. The molecule has 1 saturated carbocycles. The smallest absolute Gasteiger partial charge is 0.165 e. The number of hydrogen-bond donors (Lipinski definition) is 5. The van der Waals surface area contributed by atoms with Crippen LogP contribution in [0, 0.1) is 5.92 Å². The summed E-state index contributed by atoms with van der Waals surface area (Å²) < 4.78 is 19.1. The Balaban J connectivity index is 1.31. The molecule has 6 atom stereocenters. The summed E-state index contributed by atoms with van der Waals surface area (Å²) in [5.41, 5.74) is 7.49. The van der Waals surface area contributed by atoms with Gasteiger partial charge >= 0.3 is 0 Å². The Labute approximate surface area is 280 Å². The lowest BCUT2D eigenvalue weighted by Crippen LogP contribution is -2.52. The summed E-state index contributed by atoms with van der Waals surface area (Å²) in [4.78, 5) is 9.34. The molecule has 11 nitrogen and oxygen atoms in total. The third kappa shape index (κ3) is 5.17. The molecule has 3 aromatic carbocycles. The molecule has 0 amide bonds. The highest BCUT2D eigenvalue weighted by molar-refractivity contribution is 5.79. The van der Waals surface area contributed by atoms with E-state index >= 15 is 0 Å². The number of fused-ring (bicyclic) bond motifs is 1. The van der Waals surface area contributed by atoms with Crippen LogP contribution in [0.4, 0.5) is 5.82 Å². The third-order valence-electron chi connectivity index (χ3n) is 10.5. The molecule has 252 valence electrons. The fourth-order valence-corrected chi connectivity index (χ4v) is 7.94. The number of hydrogen-bond acceptors (Lipinski definition) is 10. The number of benzene rings is 3. The molecule has 3 heterocycles. The summed E-state index contributed by atoms with van der Waals surface area (Å²) in [5, 5.41) is 39.2. The van der Waals surface area contributed by atoms with Gasteiger partial charge in [-0.3, -0.25) is 4.57 Å². The molecule has 4 aromatic rings. The number of aliphatic hydroxyl groups is 3. The predicted octanol–water partition coefficient (Wildman–Crippen LogP) is 4.06. The first-order valence-corrected chi connectivity index (χ1v) is 16.5.